The van der Waals surface area contributed by atoms with Gasteiger partial charge in [0.25, 0.3) is 10.1 Å². The van der Waals surface area contributed by atoms with Gasteiger partial charge in [-0.3, -0.25) is 4.55 Å². The molecule has 2 N–H and O–H groups in total. The lowest BCUT2D eigenvalue weighted by atomic mass is 10.1. The van der Waals surface area contributed by atoms with Gasteiger partial charge in [0.1, 0.15) is 0 Å². The van der Waals surface area contributed by atoms with Gasteiger partial charge in [-0.25, -0.2) is 0 Å². The molecule has 0 aliphatic carbocycles. The van der Waals surface area contributed by atoms with Crippen molar-refractivity contribution in [3.05, 3.63) is 78.9 Å². The maximum atomic E-state index is 11.3. The second-order valence-electron chi connectivity index (χ2n) is 5.82. The Morgan fingerprint density at radius 2 is 1.28 bits per heavy atom. The molecule has 0 amide bonds. The molecular formula is C20H15NO3S. The lowest BCUT2D eigenvalue weighted by Crippen LogP contribution is -1.98. The van der Waals surface area contributed by atoms with E-state index in [1.54, 1.807) is 6.07 Å². The third kappa shape index (κ3) is 2.95. The van der Waals surface area contributed by atoms with Crippen molar-refractivity contribution in [1.82, 2.24) is 0 Å². The SMILES string of the molecule is O=S(=O)(O)c1ccc2c(Nc3cccc4ccccc34)cccc2c1. The molecular weight excluding hydrogens is 334 g/mol. The quantitative estimate of drug-likeness (QED) is 0.512. The predicted octanol–water partition coefficient (Wildman–Crippen LogP) is 4.98. The van der Waals surface area contributed by atoms with Crippen molar-refractivity contribution in [3.63, 3.8) is 0 Å². The average Bonchev–Trinajstić information content (AvgIpc) is 2.61. The van der Waals surface area contributed by atoms with E-state index in [-0.39, 0.29) is 4.90 Å². The Kier molecular flexibility index (Phi) is 3.67. The Morgan fingerprint density at radius 3 is 2.00 bits per heavy atom. The lowest BCUT2D eigenvalue weighted by molar-refractivity contribution is 0.483. The van der Waals surface area contributed by atoms with Crippen LogP contribution in [0.5, 0.6) is 0 Å². The minimum atomic E-state index is -4.22. The minimum absolute atomic E-state index is 0.109. The molecule has 0 spiro atoms. The Labute approximate surface area is 145 Å². The van der Waals surface area contributed by atoms with E-state index in [2.05, 4.69) is 23.5 Å². The molecule has 4 aromatic rings. The van der Waals surface area contributed by atoms with Crippen LogP contribution in [-0.4, -0.2) is 13.0 Å². The standard InChI is InChI=1S/C20H15NO3S/c22-25(23,24)16-11-12-18-15(13-16)7-4-10-20(18)21-19-9-3-6-14-5-1-2-8-17(14)19/h1-13,21H,(H,22,23,24). The molecule has 0 saturated carbocycles. The largest absolute Gasteiger partial charge is 0.355 e. The third-order valence-corrected chi connectivity index (χ3v) is 5.06. The molecule has 0 radical (unpaired) electrons. The molecule has 0 aromatic heterocycles. The van der Waals surface area contributed by atoms with Gasteiger partial charge in [-0.05, 0) is 35.0 Å². The number of rotatable bonds is 3. The van der Waals surface area contributed by atoms with E-state index in [4.69, 9.17) is 0 Å². The first-order valence-corrected chi connectivity index (χ1v) is 9.21. The summed E-state index contributed by atoms with van der Waals surface area (Å²) in [5.74, 6) is 0. The first-order chi connectivity index (χ1) is 12.0. The number of fused-ring (bicyclic) bond motifs is 2. The predicted molar refractivity (Wildman–Crippen MR) is 101 cm³/mol. The summed E-state index contributed by atoms with van der Waals surface area (Å²) in [5.41, 5.74) is 1.85. The summed E-state index contributed by atoms with van der Waals surface area (Å²) in [6, 6.07) is 24.4. The van der Waals surface area contributed by atoms with E-state index in [0.29, 0.717) is 0 Å². The molecule has 4 aromatic carbocycles. The summed E-state index contributed by atoms with van der Waals surface area (Å²) in [4.78, 5) is -0.109. The van der Waals surface area contributed by atoms with Crippen LogP contribution < -0.4 is 5.32 Å². The molecule has 0 heterocycles. The van der Waals surface area contributed by atoms with E-state index in [9.17, 15) is 13.0 Å². The van der Waals surface area contributed by atoms with Crippen LogP contribution in [-0.2, 0) is 10.1 Å². The molecule has 0 bridgehead atoms. The Hall–Kier alpha value is -2.89. The van der Waals surface area contributed by atoms with Crippen molar-refractivity contribution in [3.8, 4) is 0 Å². The highest BCUT2D eigenvalue weighted by atomic mass is 32.2. The maximum absolute atomic E-state index is 11.3. The van der Waals surface area contributed by atoms with Crippen molar-refractivity contribution < 1.29 is 13.0 Å². The van der Waals surface area contributed by atoms with Gasteiger partial charge in [0.05, 0.1) is 4.90 Å². The number of benzene rings is 4. The highest BCUT2D eigenvalue weighted by Gasteiger charge is 2.11. The highest BCUT2D eigenvalue weighted by molar-refractivity contribution is 7.85. The molecule has 4 nitrogen and oxygen atoms in total. The molecule has 4 rings (SSSR count). The maximum Gasteiger partial charge on any atom is 0.294 e. The monoisotopic (exact) mass is 349 g/mol. The summed E-state index contributed by atoms with van der Waals surface area (Å²) >= 11 is 0. The van der Waals surface area contributed by atoms with Crippen LogP contribution in [0.25, 0.3) is 21.5 Å². The van der Waals surface area contributed by atoms with Gasteiger partial charge in [0.2, 0.25) is 0 Å². The third-order valence-electron chi connectivity index (χ3n) is 4.21. The van der Waals surface area contributed by atoms with Crippen molar-refractivity contribution in [2.45, 2.75) is 4.90 Å². The van der Waals surface area contributed by atoms with Crippen LogP contribution >= 0.6 is 0 Å². The lowest BCUT2D eigenvalue weighted by Gasteiger charge is -2.13. The van der Waals surface area contributed by atoms with Crippen LogP contribution in [0.4, 0.5) is 11.4 Å². The normalized spacial score (nSPS) is 11.7. The van der Waals surface area contributed by atoms with Crippen LogP contribution in [0.15, 0.2) is 83.8 Å². The summed E-state index contributed by atoms with van der Waals surface area (Å²) in [7, 11) is -4.22. The van der Waals surface area contributed by atoms with Gasteiger partial charge in [-0.1, -0.05) is 54.6 Å². The second kappa shape index (κ2) is 5.88. The zero-order valence-corrected chi connectivity index (χ0v) is 14.0. The van der Waals surface area contributed by atoms with E-state index in [1.165, 1.54) is 12.1 Å². The average molecular weight is 349 g/mol. The van der Waals surface area contributed by atoms with Crippen molar-refractivity contribution in [2.24, 2.45) is 0 Å². The topological polar surface area (TPSA) is 66.4 Å². The van der Waals surface area contributed by atoms with Gasteiger partial charge in [0, 0.05) is 22.1 Å². The fourth-order valence-electron chi connectivity index (χ4n) is 3.01. The number of nitrogens with one attached hydrogen (secondary N) is 1. The zero-order chi connectivity index (χ0) is 17.4. The molecule has 0 aliphatic heterocycles. The fourth-order valence-corrected chi connectivity index (χ4v) is 3.53. The first-order valence-electron chi connectivity index (χ1n) is 7.77. The van der Waals surface area contributed by atoms with Gasteiger partial charge in [-0.15, -0.1) is 0 Å². The van der Waals surface area contributed by atoms with Crippen LogP contribution in [0.3, 0.4) is 0 Å². The van der Waals surface area contributed by atoms with Gasteiger partial charge in [-0.2, -0.15) is 8.42 Å². The van der Waals surface area contributed by atoms with Crippen molar-refractivity contribution in [2.75, 3.05) is 5.32 Å². The van der Waals surface area contributed by atoms with Crippen LogP contribution in [0, 0.1) is 0 Å². The molecule has 25 heavy (non-hydrogen) atoms. The molecule has 5 heteroatoms. The van der Waals surface area contributed by atoms with Gasteiger partial charge < -0.3 is 5.32 Å². The fraction of sp³-hybridized carbons (Fsp3) is 0. The Bertz CT molecular complexity index is 1190. The zero-order valence-electron chi connectivity index (χ0n) is 13.2. The highest BCUT2D eigenvalue weighted by Crippen LogP contribution is 2.31. The molecule has 0 unspecified atom stereocenters. The summed E-state index contributed by atoms with van der Waals surface area (Å²) in [6.45, 7) is 0. The van der Waals surface area contributed by atoms with Crippen molar-refractivity contribution >= 4 is 43.0 Å². The number of hydrogen-bond donors (Lipinski definition) is 2. The minimum Gasteiger partial charge on any atom is -0.355 e. The van der Waals surface area contributed by atoms with E-state index in [1.807, 2.05) is 42.5 Å². The van der Waals surface area contributed by atoms with E-state index in [0.717, 1.165) is 32.9 Å². The smallest absolute Gasteiger partial charge is 0.294 e. The molecule has 0 saturated heterocycles. The van der Waals surface area contributed by atoms with Crippen LogP contribution in [0.1, 0.15) is 0 Å². The van der Waals surface area contributed by atoms with Gasteiger partial charge >= 0.3 is 0 Å². The first kappa shape index (κ1) is 15.6. The number of hydrogen-bond acceptors (Lipinski definition) is 3. The summed E-state index contributed by atoms with van der Waals surface area (Å²) in [5, 5.41) is 7.30. The van der Waals surface area contributed by atoms with Crippen molar-refractivity contribution in [1.29, 1.82) is 0 Å². The van der Waals surface area contributed by atoms with E-state index < -0.39 is 10.1 Å². The van der Waals surface area contributed by atoms with Crippen LogP contribution in [0.2, 0.25) is 0 Å². The number of anilines is 2. The molecule has 0 fully saturated rings. The van der Waals surface area contributed by atoms with Gasteiger partial charge in [0.15, 0.2) is 0 Å². The molecule has 0 atom stereocenters. The molecule has 0 aliphatic rings. The second-order valence-corrected chi connectivity index (χ2v) is 7.24. The summed E-state index contributed by atoms with van der Waals surface area (Å²) in [6.07, 6.45) is 0. The summed E-state index contributed by atoms with van der Waals surface area (Å²) < 4.78 is 31.9. The molecule has 124 valence electrons. The van der Waals surface area contributed by atoms with E-state index >= 15 is 0 Å². The Balaban J connectivity index is 1.84. The Morgan fingerprint density at radius 1 is 0.680 bits per heavy atom.